The lowest BCUT2D eigenvalue weighted by molar-refractivity contribution is -0.284. The van der Waals surface area contributed by atoms with Crippen LogP contribution in [0.3, 0.4) is 0 Å². The Kier molecular flexibility index (Phi) is 32.3. The van der Waals surface area contributed by atoms with Crippen LogP contribution in [0.5, 0.6) is 5.75 Å². The van der Waals surface area contributed by atoms with Crippen LogP contribution < -0.4 is 53.6 Å². The number of aromatic hydroxyl groups is 1. The highest BCUT2D eigenvalue weighted by Gasteiger charge is 2.49. The van der Waals surface area contributed by atoms with E-state index in [4.69, 9.17) is 24.7 Å². The van der Waals surface area contributed by atoms with Crippen molar-refractivity contribution in [1.82, 2.24) is 52.8 Å². The Labute approximate surface area is 585 Å². The molecule has 0 bridgehead atoms. The highest BCUT2D eigenvalue weighted by atomic mass is 16.7. The number of carboxylic acids is 3. The first-order chi connectivity index (χ1) is 48.1. The summed E-state index contributed by atoms with van der Waals surface area (Å²) in [6, 6.07) is -2.42. The monoisotopic (exact) mass is 1440 g/mol. The summed E-state index contributed by atoms with van der Waals surface area (Å²) in [6.45, 7) is 6.04. The normalized spacial score (nSPS) is 23.3. The van der Waals surface area contributed by atoms with Gasteiger partial charge in [-0.05, 0) is 68.2 Å². The highest BCUT2D eigenvalue weighted by molar-refractivity contribution is 5.99. The largest absolute Gasteiger partial charge is 0.508 e. The van der Waals surface area contributed by atoms with Crippen LogP contribution in [-0.2, 0) is 98.9 Å². The van der Waals surface area contributed by atoms with Crippen LogP contribution in [-0.4, -0.2) is 259 Å². The number of nitrogens with two attached hydrogens (primary N) is 1. The van der Waals surface area contributed by atoms with E-state index in [2.05, 4.69) is 47.9 Å². The maximum absolute atomic E-state index is 14.9. The van der Waals surface area contributed by atoms with Crippen LogP contribution >= 0.6 is 0 Å². The number of benzene rings is 2. The summed E-state index contributed by atoms with van der Waals surface area (Å²) >= 11 is 0. The van der Waals surface area contributed by atoms with Gasteiger partial charge in [0.1, 0.15) is 84.5 Å². The molecule has 1 unspecified atom stereocenters. The number of nitrogens with zero attached hydrogens (tertiary/aromatic N) is 1. The molecule has 18 atom stereocenters. The third kappa shape index (κ3) is 25.5. The molecule has 0 radical (unpaired) electrons. The van der Waals surface area contributed by atoms with E-state index in [0.717, 1.165) is 25.7 Å². The molecule has 564 valence electrons. The number of carbonyl (C=O) groups is 14. The number of rotatable bonds is 38. The second-order valence-electron chi connectivity index (χ2n) is 25.6. The number of aliphatic hydroxyl groups is 4. The van der Waals surface area contributed by atoms with E-state index in [-0.39, 0.29) is 50.3 Å². The number of hydrogen-bond donors (Lipinski definition) is 18. The summed E-state index contributed by atoms with van der Waals surface area (Å²) in [5, 5.41) is 104. The number of phenolic OH excluding ortho intramolecular Hbond substituents is 1. The molecule has 3 fully saturated rings. The zero-order valence-electron chi connectivity index (χ0n) is 57.0. The van der Waals surface area contributed by atoms with Gasteiger partial charge in [-0.2, -0.15) is 0 Å². The molecule has 102 heavy (non-hydrogen) atoms. The fourth-order valence-corrected chi connectivity index (χ4v) is 11.7. The molecule has 19 N–H and O–H groups in total. The molecule has 37 heteroatoms. The molecule has 3 aliphatic heterocycles. The van der Waals surface area contributed by atoms with E-state index in [0.29, 0.717) is 11.1 Å². The smallest absolute Gasteiger partial charge is 0.305 e. The summed E-state index contributed by atoms with van der Waals surface area (Å²) in [6.07, 6.45) is -15.5. The average Bonchev–Trinajstić information content (AvgIpc) is 0.900. The van der Waals surface area contributed by atoms with Crippen molar-refractivity contribution in [2.45, 2.75) is 209 Å². The highest BCUT2D eigenvalue weighted by Crippen LogP contribution is 2.28. The molecule has 3 aliphatic rings. The predicted octanol–water partition coefficient (Wildman–Crippen LogP) is -5.48. The fraction of sp³-hybridized carbons (Fsp3) is 0.600. The second kappa shape index (κ2) is 39.6. The van der Waals surface area contributed by atoms with Crippen LogP contribution in [0.15, 0.2) is 54.6 Å². The molecule has 0 aliphatic carbocycles. The van der Waals surface area contributed by atoms with Gasteiger partial charge in [-0.25, -0.2) is 0 Å². The lowest BCUT2D eigenvalue weighted by atomic mass is 9.93. The van der Waals surface area contributed by atoms with Crippen LogP contribution in [0.2, 0.25) is 0 Å². The molecule has 37 nitrogen and oxygen atoms in total. The van der Waals surface area contributed by atoms with Gasteiger partial charge in [0.25, 0.3) is 0 Å². The molecule has 11 amide bonds. The molecule has 3 saturated heterocycles. The topological polar surface area (TPSA) is 575 Å². The number of nitrogens with one attached hydrogen (secondary N) is 9. The number of ether oxygens (including phenoxy) is 4. The van der Waals surface area contributed by atoms with Gasteiger partial charge in [0, 0.05) is 58.9 Å². The molecule has 5 rings (SSSR count). The average molecular weight is 1440 g/mol. The van der Waals surface area contributed by atoms with Crippen molar-refractivity contribution in [2.24, 2.45) is 17.6 Å². The zero-order chi connectivity index (χ0) is 75.8. The lowest BCUT2D eigenvalue weighted by Crippen LogP contribution is -2.65. The first-order valence-corrected chi connectivity index (χ1v) is 33.0. The van der Waals surface area contributed by atoms with Crippen molar-refractivity contribution in [3.63, 3.8) is 0 Å². The number of amides is 11. The minimum Gasteiger partial charge on any atom is -0.508 e. The number of hydrogen-bond acceptors (Lipinski definition) is 23. The molecular formula is C65H93N11O26. The SMILES string of the molecule is CC(=O)N[C@H]1[C@@H](OC(C)[C@H](NC(=O)[C@H](CCC(=O)O)NC(=O)[C@@H]2CCCN2C(=O)[C@H](CC(C)C)NC(=O)[C@H](Cc2ccccc2)NC(=O)[C@H](CC(=O)O)NC(=O)[C@H](Cc2ccc(O)cc2)NC(C)=O)C(=O)N[C@@H](CCC(=O)O)C(N)=O)OC[C@H](CO[C@@H]2O[C@H](CO)[C@@H](O)[C@H](O)[C@H]2NC(C)=O)[C@@H]1O. The first kappa shape index (κ1) is 83.2. The van der Waals surface area contributed by atoms with E-state index in [9.17, 15) is 108 Å². The first-order valence-electron chi connectivity index (χ1n) is 33.0. The van der Waals surface area contributed by atoms with Gasteiger partial charge in [0.15, 0.2) is 12.6 Å². The molecule has 0 spiro atoms. The van der Waals surface area contributed by atoms with E-state index in [1.807, 2.05) is 0 Å². The van der Waals surface area contributed by atoms with Crippen molar-refractivity contribution in [3.05, 3.63) is 65.7 Å². The number of carboxylic acid groups (broad SMARTS) is 3. The predicted molar refractivity (Wildman–Crippen MR) is 349 cm³/mol. The van der Waals surface area contributed by atoms with Crippen LogP contribution in [0.1, 0.15) is 104 Å². The molecule has 0 saturated carbocycles. The van der Waals surface area contributed by atoms with Gasteiger partial charge in [-0.1, -0.05) is 56.3 Å². The number of primary amides is 1. The number of aliphatic hydroxyl groups excluding tert-OH is 4. The number of phenols is 1. The Morgan fingerprint density at radius 2 is 1.13 bits per heavy atom. The third-order valence-corrected chi connectivity index (χ3v) is 16.9. The summed E-state index contributed by atoms with van der Waals surface area (Å²) < 4.78 is 23.6. The van der Waals surface area contributed by atoms with Gasteiger partial charge in [-0.3, -0.25) is 67.1 Å². The molecule has 3 heterocycles. The summed E-state index contributed by atoms with van der Waals surface area (Å²) in [7, 11) is 0. The van der Waals surface area contributed by atoms with Crippen LogP contribution in [0.4, 0.5) is 0 Å². The standard InChI is InChI=1S/C65H93N11O26/c1-30(2)23-44(74-59(94)42(24-35-11-8-7-9-12-35)72-60(95)43(26-49(86)87)73-58(93)41(67-32(4)78)25-36-14-16-38(81)17-15-36)63(98)76-22-10-13-45(76)61(96)71-40(19-21-48(84)85)57(92)75-50(62(97)70-39(56(66)91)18-20-47(82)83)31(3)101-64-51(68-33(5)79)53(88)37(28-99-64)29-100-65-52(69-34(6)80)55(90)54(89)46(27-77)102-65/h7-9,11-12,14-17,30-31,37,39-46,50-55,64-65,77,81,88-90H,10,13,18-29H2,1-6H3,(H2,66,91)(H,67,78)(H,68,79)(H,69,80)(H,70,97)(H,71,96)(H,72,95)(H,73,93)(H,74,94)(H,75,92)(H,82,83)(H,84,85)(H,86,87)/t31?,37-,39+,40+,41+,42+,43+,44+,45+,46-,50+,51-,52-,53+,54-,55-,64-,65-/m1/s1. The molecule has 2 aromatic rings. The van der Waals surface area contributed by atoms with Crippen molar-refractivity contribution in [3.8, 4) is 5.75 Å². The second-order valence-corrected chi connectivity index (χ2v) is 25.6. The lowest BCUT2D eigenvalue weighted by Gasteiger charge is -2.44. The quantitative estimate of drug-likeness (QED) is 0.0298. The third-order valence-electron chi connectivity index (χ3n) is 16.9. The zero-order valence-corrected chi connectivity index (χ0v) is 57.0. The van der Waals surface area contributed by atoms with Gasteiger partial charge < -0.3 is 118 Å². The van der Waals surface area contributed by atoms with Crippen LogP contribution in [0.25, 0.3) is 0 Å². The van der Waals surface area contributed by atoms with Crippen molar-refractivity contribution >= 4 is 82.9 Å². The number of carbonyl (C=O) groups excluding carboxylic acids is 11. The molecule has 2 aromatic carbocycles. The van der Waals surface area contributed by atoms with E-state index in [1.165, 1.54) is 31.2 Å². The van der Waals surface area contributed by atoms with Crippen molar-refractivity contribution in [1.29, 1.82) is 0 Å². The fourth-order valence-electron chi connectivity index (χ4n) is 11.7. The van der Waals surface area contributed by atoms with E-state index in [1.54, 1.807) is 44.2 Å². The van der Waals surface area contributed by atoms with Gasteiger partial charge in [0.05, 0.1) is 38.4 Å². The summed E-state index contributed by atoms with van der Waals surface area (Å²) in [5.74, 6) is -16.7. The summed E-state index contributed by atoms with van der Waals surface area (Å²) in [5.41, 5.74) is 6.49. The minimum absolute atomic E-state index is 0.0614. The number of likely N-dealkylation sites (tertiary alicyclic amines) is 1. The van der Waals surface area contributed by atoms with E-state index < -0.39 is 244 Å². The van der Waals surface area contributed by atoms with Crippen molar-refractivity contribution < 1.29 is 127 Å². The van der Waals surface area contributed by atoms with Crippen molar-refractivity contribution in [2.75, 3.05) is 26.4 Å². The minimum atomic E-state index is -2.03. The Balaban J connectivity index is 1.40. The molecule has 0 aromatic heterocycles. The number of aliphatic carboxylic acids is 3. The van der Waals surface area contributed by atoms with Gasteiger partial charge >= 0.3 is 17.9 Å². The van der Waals surface area contributed by atoms with Crippen LogP contribution in [0, 0.1) is 11.8 Å². The van der Waals surface area contributed by atoms with Gasteiger partial charge in [0.2, 0.25) is 65.0 Å². The Morgan fingerprint density at radius 3 is 1.68 bits per heavy atom. The Hall–Kier alpha value is -9.50. The molecular weight excluding hydrogens is 1350 g/mol. The Morgan fingerprint density at radius 1 is 0.598 bits per heavy atom. The van der Waals surface area contributed by atoms with Gasteiger partial charge in [-0.15, -0.1) is 0 Å². The maximum Gasteiger partial charge on any atom is 0.305 e. The van der Waals surface area contributed by atoms with E-state index >= 15 is 0 Å². The maximum atomic E-state index is 14.9. The Bertz CT molecular complexity index is 3280. The summed E-state index contributed by atoms with van der Waals surface area (Å²) in [4.78, 5) is 188.